The number of halogens is 1. The molecule has 0 radical (unpaired) electrons. The smallest absolute Gasteiger partial charge is 0.235 e. The standard InChI is InChI=1S/C20H18ClN3O/c21-17-7-5-16(6-8-17)20(9-10-20)19(25)23-18-4-1-3-15(13-18)14-24-12-2-11-22-24/h1-8,11-13H,9-10,14H2,(H,23,25). The summed E-state index contributed by atoms with van der Waals surface area (Å²) in [5.41, 5.74) is 2.53. The summed E-state index contributed by atoms with van der Waals surface area (Å²) in [5.74, 6) is 0.0473. The van der Waals surface area contributed by atoms with Gasteiger partial charge in [-0.3, -0.25) is 9.48 Å². The number of benzene rings is 2. The molecule has 1 fully saturated rings. The van der Waals surface area contributed by atoms with Crippen molar-refractivity contribution >= 4 is 23.2 Å². The Balaban J connectivity index is 1.50. The maximum Gasteiger partial charge on any atom is 0.235 e. The van der Waals surface area contributed by atoms with E-state index < -0.39 is 5.41 Å². The average molecular weight is 352 g/mol. The summed E-state index contributed by atoms with van der Waals surface area (Å²) < 4.78 is 1.86. The zero-order valence-corrected chi connectivity index (χ0v) is 14.4. The quantitative estimate of drug-likeness (QED) is 0.746. The predicted octanol–water partition coefficient (Wildman–Crippen LogP) is 4.26. The number of carbonyl (C=O) groups is 1. The Morgan fingerprint density at radius 3 is 2.64 bits per heavy atom. The molecular formula is C20H18ClN3O. The number of hydrogen-bond donors (Lipinski definition) is 1. The Morgan fingerprint density at radius 2 is 1.96 bits per heavy atom. The van der Waals surface area contributed by atoms with Crippen molar-refractivity contribution in [1.82, 2.24) is 9.78 Å². The van der Waals surface area contributed by atoms with Crippen molar-refractivity contribution in [2.75, 3.05) is 5.32 Å². The molecule has 0 bridgehead atoms. The van der Waals surface area contributed by atoms with E-state index in [1.54, 1.807) is 6.20 Å². The van der Waals surface area contributed by atoms with Crippen molar-refractivity contribution in [3.63, 3.8) is 0 Å². The van der Waals surface area contributed by atoms with E-state index in [4.69, 9.17) is 11.6 Å². The number of nitrogens with one attached hydrogen (secondary N) is 1. The highest BCUT2D eigenvalue weighted by Crippen LogP contribution is 2.49. The summed E-state index contributed by atoms with van der Waals surface area (Å²) in [5, 5.41) is 7.98. The van der Waals surface area contributed by atoms with Crippen molar-refractivity contribution in [1.29, 1.82) is 0 Å². The van der Waals surface area contributed by atoms with Crippen molar-refractivity contribution in [2.24, 2.45) is 0 Å². The Hall–Kier alpha value is -2.59. The summed E-state index contributed by atoms with van der Waals surface area (Å²) >= 11 is 5.96. The fraction of sp³-hybridized carbons (Fsp3) is 0.200. The fourth-order valence-electron chi connectivity index (χ4n) is 3.12. The molecule has 0 saturated heterocycles. The van der Waals surface area contributed by atoms with Crippen LogP contribution in [0.15, 0.2) is 67.0 Å². The van der Waals surface area contributed by atoms with Gasteiger partial charge in [0.15, 0.2) is 0 Å². The number of aromatic nitrogens is 2. The maximum atomic E-state index is 12.8. The van der Waals surface area contributed by atoms with E-state index in [2.05, 4.69) is 10.4 Å². The van der Waals surface area contributed by atoms with E-state index in [1.165, 1.54) is 0 Å². The molecule has 0 aliphatic heterocycles. The molecule has 25 heavy (non-hydrogen) atoms. The Labute approximate surface area is 151 Å². The Bertz CT molecular complexity index is 884. The molecule has 4 nitrogen and oxygen atoms in total. The summed E-state index contributed by atoms with van der Waals surface area (Å²) in [7, 11) is 0. The first-order valence-corrected chi connectivity index (χ1v) is 8.67. The second-order valence-electron chi connectivity index (χ2n) is 6.45. The van der Waals surface area contributed by atoms with Crippen LogP contribution in [0.4, 0.5) is 5.69 Å². The maximum absolute atomic E-state index is 12.8. The van der Waals surface area contributed by atoms with Crippen LogP contribution in [0.2, 0.25) is 5.02 Å². The van der Waals surface area contributed by atoms with Crippen LogP contribution in [0.1, 0.15) is 24.0 Å². The lowest BCUT2D eigenvalue weighted by Crippen LogP contribution is -2.27. The largest absolute Gasteiger partial charge is 0.325 e. The molecule has 4 rings (SSSR count). The molecule has 3 aromatic rings. The van der Waals surface area contributed by atoms with Crippen molar-refractivity contribution in [3.05, 3.63) is 83.1 Å². The first-order chi connectivity index (χ1) is 12.2. The number of anilines is 1. The van der Waals surface area contributed by atoms with Crippen LogP contribution in [-0.4, -0.2) is 15.7 Å². The van der Waals surface area contributed by atoms with Gasteiger partial charge in [0.1, 0.15) is 0 Å². The predicted molar refractivity (Wildman–Crippen MR) is 98.8 cm³/mol. The van der Waals surface area contributed by atoms with Crippen LogP contribution in [0, 0.1) is 0 Å². The first-order valence-electron chi connectivity index (χ1n) is 8.30. The summed E-state index contributed by atoms with van der Waals surface area (Å²) in [4.78, 5) is 12.8. The van der Waals surface area contributed by atoms with E-state index in [0.717, 1.165) is 29.7 Å². The van der Waals surface area contributed by atoms with Gasteiger partial charge in [0.05, 0.1) is 12.0 Å². The highest BCUT2D eigenvalue weighted by Gasteiger charge is 2.51. The first kappa shape index (κ1) is 15.9. The third-order valence-corrected chi connectivity index (χ3v) is 4.92. The molecule has 1 heterocycles. The molecule has 1 aromatic heterocycles. The molecule has 5 heteroatoms. The van der Waals surface area contributed by atoms with Gasteiger partial charge in [-0.05, 0) is 54.3 Å². The summed E-state index contributed by atoms with van der Waals surface area (Å²) in [6.45, 7) is 0.680. The normalized spacial score (nSPS) is 14.9. The van der Waals surface area contributed by atoms with Crippen molar-refractivity contribution in [3.8, 4) is 0 Å². The molecular weight excluding hydrogens is 334 g/mol. The van der Waals surface area contributed by atoms with E-state index in [1.807, 2.05) is 65.5 Å². The highest BCUT2D eigenvalue weighted by atomic mass is 35.5. The lowest BCUT2D eigenvalue weighted by molar-refractivity contribution is -0.118. The molecule has 1 amide bonds. The molecule has 126 valence electrons. The van der Waals surface area contributed by atoms with Crippen molar-refractivity contribution in [2.45, 2.75) is 24.8 Å². The lowest BCUT2D eigenvalue weighted by atomic mass is 9.95. The lowest BCUT2D eigenvalue weighted by Gasteiger charge is -2.16. The fourth-order valence-corrected chi connectivity index (χ4v) is 3.25. The van der Waals surface area contributed by atoms with Crippen LogP contribution in [-0.2, 0) is 16.8 Å². The Morgan fingerprint density at radius 1 is 1.16 bits per heavy atom. The molecule has 0 unspecified atom stereocenters. The van der Waals surface area contributed by atoms with Gasteiger partial charge in [-0.2, -0.15) is 5.10 Å². The minimum Gasteiger partial charge on any atom is -0.325 e. The third-order valence-electron chi connectivity index (χ3n) is 4.67. The van der Waals surface area contributed by atoms with Crippen LogP contribution >= 0.6 is 11.6 Å². The topological polar surface area (TPSA) is 46.9 Å². The molecule has 1 N–H and O–H groups in total. The second-order valence-corrected chi connectivity index (χ2v) is 6.88. The van der Waals surface area contributed by atoms with E-state index >= 15 is 0 Å². The number of amides is 1. The molecule has 1 saturated carbocycles. The van der Waals surface area contributed by atoms with Crippen LogP contribution in [0.25, 0.3) is 0 Å². The SMILES string of the molecule is O=C(Nc1cccc(Cn2cccn2)c1)C1(c2ccc(Cl)cc2)CC1. The van der Waals surface area contributed by atoms with Crippen molar-refractivity contribution < 1.29 is 4.79 Å². The zero-order valence-electron chi connectivity index (χ0n) is 13.7. The minimum absolute atomic E-state index is 0.0473. The molecule has 2 aromatic carbocycles. The van der Waals surface area contributed by atoms with Gasteiger partial charge in [0, 0.05) is 23.1 Å². The number of hydrogen-bond acceptors (Lipinski definition) is 2. The Kier molecular flexibility index (Phi) is 4.06. The molecule has 1 aliphatic rings. The van der Waals surface area contributed by atoms with Gasteiger partial charge in [-0.15, -0.1) is 0 Å². The van der Waals surface area contributed by atoms with Crippen LogP contribution in [0.3, 0.4) is 0 Å². The van der Waals surface area contributed by atoms with E-state index in [-0.39, 0.29) is 5.91 Å². The van der Waals surface area contributed by atoms with E-state index in [0.29, 0.717) is 11.6 Å². The molecule has 0 atom stereocenters. The average Bonchev–Trinajstić information content (AvgIpc) is 3.27. The van der Waals surface area contributed by atoms with Gasteiger partial charge in [-0.1, -0.05) is 35.9 Å². The van der Waals surface area contributed by atoms with Gasteiger partial charge < -0.3 is 5.32 Å². The van der Waals surface area contributed by atoms with E-state index in [9.17, 15) is 4.79 Å². The van der Waals surface area contributed by atoms with Gasteiger partial charge in [-0.25, -0.2) is 0 Å². The van der Waals surface area contributed by atoms with Gasteiger partial charge in [0.25, 0.3) is 0 Å². The third kappa shape index (κ3) is 3.30. The second kappa shape index (κ2) is 6.37. The highest BCUT2D eigenvalue weighted by molar-refractivity contribution is 6.30. The number of carbonyl (C=O) groups excluding carboxylic acids is 1. The van der Waals surface area contributed by atoms with Crippen LogP contribution in [0.5, 0.6) is 0 Å². The minimum atomic E-state index is -0.414. The monoisotopic (exact) mass is 351 g/mol. The number of rotatable bonds is 5. The number of nitrogens with zero attached hydrogens (tertiary/aromatic N) is 2. The summed E-state index contributed by atoms with van der Waals surface area (Å²) in [6.07, 6.45) is 5.42. The van der Waals surface area contributed by atoms with Crippen LogP contribution < -0.4 is 5.32 Å². The summed E-state index contributed by atoms with van der Waals surface area (Å²) in [6, 6.07) is 17.4. The van der Waals surface area contributed by atoms with Gasteiger partial charge >= 0.3 is 0 Å². The molecule has 1 aliphatic carbocycles. The molecule has 0 spiro atoms. The zero-order chi connectivity index (χ0) is 17.3. The van der Waals surface area contributed by atoms with Gasteiger partial charge in [0.2, 0.25) is 5.91 Å².